The van der Waals surface area contributed by atoms with Crippen molar-refractivity contribution in [3.8, 4) is 0 Å². The molecule has 1 rings (SSSR count). The van der Waals surface area contributed by atoms with E-state index >= 15 is 0 Å². The van der Waals surface area contributed by atoms with Crippen molar-refractivity contribution < 1.29 is 5.11 Å². The van der Waals surface area contributed by atoms with Gasteiger partial charge in [-0.3, -0.25) is 0 Å². The lowest BCUT2D eigenvalue weighted by molar-refractivity contribution is 0.0658. The molecule has 1 heteroatoms. The summed E-state index contributed by atoms with van der Waals surface area (Å²) in [5, 5.41) is 9.83. The summed E-state index contributed by atoms with van der Waals surface area (Å²) in [6, 6.07) is 0. The maximum absolute atomic E-state index is 9.83. The molecule has 1 aliphatic rings. The van der Waals surface area contributed by atoms with Crippen LogP contribution in [-0.4, -0.2) is 11.2 Å². The van der Waals surface area contributed by atoms with Gasteiger partial charge in [0.2, 0.25) is 0 Å². The topological polar surface area (TPSA) is 20.2 Å². The van der Waals surface area contributed by atoms with Gasteiger partial charge in [-0.05, 0) is 31.1 Å². The molecule has 1 nitrogen and oxygen atoms in total. The van der Waals surface area contributed by atoms with Gasteiger partial charge in [-0.1, -0.05) is 39.5 Å². The highest BCUT2D eigenvalue weighted by atomic mass is 16.3. The first-order valence-corrected chi connectivity index (χ1v) is 5.96. The van der Waals surface area contributed by atoms with Crippen LogP contribution in [0.2, 0.25) is 0 Å². The molecule has 1 N–H and O–H groups in total. The third kappa shape index (κ3) is 3.30. The fraction of sp³-hybridized carbons (Fsp3) is 1.00. The Balaban J connectivity index is 2.23. The lowest BCUT2D eigenvalue weighted by atomic mass is 9.78. The summed E-state index contributed by atoms with van der Waals surface area (Å²) in [5.74, 6) is 1.56. The highest BCUT2D eigenvalue weighted by Crippen LogP contribution is 2.33. The Kier molecular flexibility index (Phi) is 4.79. The summed E-state index contributed by atoms with van der Waals surface area (Å²) in [4.78, 5) is 0. The van der Waals surface area contributed by atoms with Gasteiger partial charge in [0.25, 0.3) is 0 Å². The van der Waals surface area contributed by atoms with E-state index in [2.05, 4.69) is 13.8 Å². The molecule has 1 fully saturated rings. The zero-order valence-electron chi connectivity index (χ0n) is 9.13. The monoisotopic (exact) mass is 184 g/mol. The van der Waals surface area contributed by atoms with Crippen molar-refractivity contribution in [1.82, 2.24) is 0 Å². The van der Waals surface area contributed by atoms with Crippen molar-refractivity contribution >= 4 is 0 Å². The number of hydrogen-bond acceptors (Lipinski definition) is 1. The molecule has 78 valence electrons. The molecule has 0 saturated heterocycles. The summed E-state index contributed by atoms with van der Waals surface area (Å²) in [7, 11) is 0. The maximum Gasteiger partial charge on any atom is 0.0568 e. The fourth-order valence-electron chi connectivity index (χ4n) is 2.51. The van der Waals surface area contributed by atoms with Crippen molar-refractivity contribution in [2.45, 2.75) is 64.9 Å². The van der Waals surface area contributed by atoms with E-state index in [1.165, 1.54) is 32.1 Å². The third-order valence-corrected chi connectivity index (χ3v) is 3.60. The summed E-state index contributed by atoms with van der Waals surface area (Å²) in [5.41, 5.74) is 0. The maximum atomic E-state index is 9.83. The zero-order valence-corrected chi connectivity index (χ0v) is 9.13. The minimum atomic E-state index is -0.0113. The van der Waals surface area contributed by atoms with Crippen LogP contribution in [-0.2, 0) is 0 Å². The van der Waals surface area contributed by atoms with Crippen LogP contribution in [0.4, 0.5) is 0 Å². The number of aliphatic hydroxyl groups is 1. The minimum absolute atomic E-state index is 0.0113. The van der Waals surface area contributed by atoms with E-state index in [0.717, 1.165) is 18.8 Å². The highest BCUT2D eigenvalue weighted by molar-refractivity contribution is 4.76. The Morgan fingerprint density at radius 1 is 1.15 bits per heavy atom. The molecule has 0 aliphatic heterocycles. The predicted molar refractivity (Wildman–Crippen MR) is 56.7 cm³/mol. The van der Waals surface area contributed by atoms with E-state index in [0.29, 0.717) is 5.92 Å². The second kappa shape index (κ2) is 5.64. The lowest BCUT2D eigenvalue weighted by Crippen LogP contribution is -2.25. The molecule has 0 bridgehead atoms. The summed E-state index contributed by atoms with van der Waals surface area (Å²) >= 11 is 0. The largest absolute Gasteiger partial charge is 0.393 e. The van der Waals surface area contributed by atoms with Gasteiger partial charge in [-0.25, -0.2) is 0 Å². The second-order valence-corrected chi connectivity index (χ2v) is 4.55. The molecule has 1 atom stereocenters. The average molecular weight is 184 g/mol. The van der Waals surface area contributed by atoms with Gasteiger partial charge >= 0.3 is 0 Å². The van der Waals surface area contributed by atoms with Crippen molar-refractivity contribution in [2.75, 3.05) is 0 Å². The summed E-state index contributed by atoms with van der Waals surface area (Å²) in [6.45, 7) is 4.44. The molecular formula is C12H24O. The quantitative estimate of drug-likeness (QED) is 0.710. The van der Waals surface area contributed by atoms with Crippen molar-refractivity contribution in [3.05, 3.63) is 0 Å². The minimum Gasteiger partial charge on any atom is -0.393 e. The fourth-order valence-corrected chi connectivity index (χ4v) is 2.51. The normalized spacial score (nSPS) is 31.6. The first-order valence-electron chi connectivity index (χ1n) is 5.96. The molecule has 1 saturated carbocycles. The van der Waals surface area contributed by atoms with Crippen molar-refractivity contribution in [2.24, 2.45) is 11.8 Å². The molecule has 0 heterocycles. The molecule has 1 unspecified atom stereocenters. The van der Waals surface area contributed by atoms with Gasteiger partial charge in [-0.2, -0.15) is 0 Å². The molecule has 0 spiro atoms. The Bertz CT molecular complexity index is 125. The zero-order chi connectivity index (χ0) is 9.68. The van der Waals surface area contributed by atoms with E-state index in [4.69, 9.17) is 0 Å². The van der Waals surface area contributed by atoms with E-state index in [-0.39, 0.29) is 6.10 Å². The molecule has 0 radical (unpaired) electrons. The predicted octanol–water partition coefficient (Wildman–Crippen LogP) is 3.36. The first kappa shape index (κ1) is 11.0. The first-order chi connectivity index (χ1) is 6.27. The van der Waals surface area contributed by atoms with Crippen LogP contribution in [0, 0.1) is 11.8 Å². The van der Waals surface area contributed by atoms with Crippen molar-refractivity contribution in [3.63, 3.8) is 0 Å². The molecule has 0 aromatic carbocycles. The highest BCUT2D eigenvalue weighted by Gasteiger charge is 2.24. The van der Waals surface area contributed by atoms with E-state index < -0.39 is 0 Å². The molecule has 0 aromatic rings. The van der Waals surface area contributed by atoms with Crippen LogP contribution in [0.15, 0.2) is 0 Å². The molecule has 13 heavy (non-hydrogen) atoms. The molecule has 0 amide bonds. The van der Waals surface area contributed by atoms with E-state index in [1.807, 2.05) is 0 Å². The summed E-state index contributed by atoms with van der Waals surface area (Å²) < 4.78 is 0. The van der Waals surface area contributed by atoms with Crippen LogP contribution in [0.3, 0.4) is 0 Å². The number of rotatable bonds is 4. The molecular weight excluding hydrogens is 160 g/mol. The van der Waals surface area contributed by atoms with Gasteiger partial charge in [0.1, 0.15) is 0 Å². The Hall–Kier alpha value is -0.0400. The van der Waals surface area contributed by atoms with Crippen LogP contribution < -0.4 is 0 Å². The van der Waals surface area contributed by atoms with Crippen LogP contribution >= 0.6 is 0 Å². The van der Waals surface area contributed by atoms with Crippen LogP contribution in [0.25, 0.3) is 0 Å². The van der Waals surface area contributed by atoms with E-state index in [9.17, 15) is 5.11 Å². The van der Waals surface area contributed by atoms with Crippen molar-refractivity contribution in [1.29, 1.82) is 0 Å². The standard InChI is InChI=1S/C12H24O/c1-3-5-12(13)11-8-6-10(4-2)7-9-11/h10-13H,3-9H2,1-2H3. The Morgan fingerprint density at radius 2 is 1.77 bits per heavy atom. The van der Waals surface area contributed by atoms with Gasteiger partial charge in [0, 0.05) is 0 Å². The van der Waals surface area contributed by atoms with Gasteiger partial charge < -0.3 is 5.11 Å². The number of hydrogen-bond donors (Lipinski definition) is 1. The average Bonchev–Trinajstić information content (AvgIpc) is 2.18. The molecule has 0 aromatic heterocycles. The third-order valence-electron chi connectivity index (χ3n) is 3.60. The molecule has 1 aliphatic carbocycles. The lowest BCUT2D eigenvalue weighted by Gasteiger charge is -2.30. The van der Waals surface area contributed by atoms with Gasteiger partial charge in [0.05, 0.1) is 6.10 Å². The number of aliphatic hydroxyl groups excluding tert-OH is 1. The SMILES string of the molecule is CCCC(O)C1CCC(CC)CC1. The van der Waals surface area contributed by atoms with E-state index in [1.54, 1.807) is 0 Å². The summed E-state index contributed by atoms with van der Waals surface area (Å²) in [6.07, 6.45) is 8.67. The van der Waals surface area contributed by atoms with Gasteiger partial charge in [-0.15, -0.1) is 0 Å². The van der Waals surface area contributed by atoms with Crippen LogP contribution in [0.1, 0.15) is 58.8 Å². The second-order valence-electron chi connectivity index (χ2n) is 4.55. The van der Waals surface area contributed by atoms with Gasteiger partial charge in [0.15, 0.2) is 0 Å². The smallest absolute Gasteiger partial charge is 0.0568 e. The Morgan fingerprint density at radius 3 is 2.23 bits per heavy atom. The van der Waals surface area contributed by atoms with Crippen LogP contribution in [0.5, 0.6) is 0 Å². The Labute approximate surface area is 82.5 Å².